The molecule has 0 aliphatic rings. The molecule has 0 bridgehead atoms. The maximum Gasteiger partial charge on any atom is 0.160 e. The third-order valence-electron chi connectivity index (χ3n) is 2.41. The fourth-order valence-corrected chi connectivity index (χ4v) is 3.95. The minimum Gasteiger partial charge on any atom is -0.297 e. The summed E-state index contributed by atoms with van der Waals surface area (Å²) in [7, 11) is 0. The van der Waals surface area contributed by atoms with Crippen molar-refractivity contribution in [2.24, 2.45) is 0 Å². The monoisotopic (exact) mass is 244 g/mol. The third-order valence-corrected chi connectivity index (χ3v) is 4.77. The molecule has 0 unspecified atom stereocenters. The van der Waals surface area contributed by atoms with Crippen LogP contribution in [-0.2, 0) is 0 Å². The molecule has 16 heavy (non-hydrogen) atoms. The molecule has 0 amide bonds. The van der Waals surface area contributed by atoms with Crippen LogP contribution >= 0.6 is 22.7 Å². The second-order valence-corrected chi connectivity index (χ2v) is 5.88. The molecule has 0 radical (unpaired) electrons. The van der Waals surface area contributed by atoms with E-state index in [-0.39, 0.29) is 0 Å². The van der Waals surface area contributed by atoms with Gasteiger partial charge in [0.15, 0.2) is 6.29 Å². The summed E-state index contributed by atoms with van der Waals surface area (Å²) in [5.41, 5.74) is 1.24. The van der Waals surface area contributed by atoms with Gasteiger partial charge < -0.3 is 0 Å². The van der Waals surface area contributed by atoms with Gasteiger partial charge in [0.2, 0.25) is 0 Å². The first-order valence-corrected chi connectivity index (χ1v) is 6.54. The summed E-state index contributed by atoms with van der Waals surface area (Å²) in [6.07, 6.45) is 0.916. The molecule has 78 valence electrons. The van der Waals surface area contributed by atoms with Crippen LogP contribution < -0.4 is 0 Å². The second kappa shape index (κ2) is 3.85. The van der Waals surface area contributed by atoms with Crippen LogP contribution in [0.15, 0.2) is 42.5 Å². The molecule has 0 aliphatic carbocycles. The van der Waals surface area contributed by atoms with Crippen molar-refractivity contribution in [1.82, 2.24) is 0 Å². The number of hydrogen-bond acceptors (Lipinski definition) is 3. The molecular formula is C13H8OS2. The molecule has 1 nitrogen and oxygen atoms in total. The number of carbonyl (C=O) groups excluding carboxylic acids is 1. The van der Waals surface area contributed by atoms with Gasteiger partial charge in [-0.3, -0.25) is 4.79 Å². The van der Waals surface area contributed by atoms with Crippen molar-refractivity contribution in [1.29, 1.82) is 0 Å². The number of rotatable bonds is 2. The van der Waals surface area contributed by atoms with Crippen LogP contribution in [0.5, 0.6) is 0 Å². The van der Waals surface area contributed by atoms with Gasteiger partial charge in [0.25, 0.3) is 0 Å². The Kier molecular flexibility index (Phi) is 2.35. The van der Waals surface area contributed by atoms with Gasteiger partial charge in [-0.15, -0.1) is 22.7 Å². The smallest absolute Gasteiger partial charge is 0.160 e. The normalized spacial score (nSPS) is 10.8. The summed E-state index contributed by atoms with van der Waals surface area (Å²) in [6.45, 7) is 0. The number of fused-ring (bicyclic) bond motifs is 1. The molecule has 1 aromatic carbocycles. The maximum absolute atomic E-state index is 10.6. The zero-order valence-electron chi connectivity index (χ0n) is 8.34. The van der Waals surface area contributed by atoms with E-state index in [1.165, 1.54) is 19.8 Å². The highest BCUT2D eigenvalue weighted by atomic mass is 32.2. The minimum absolute atomic E-state index is 0.806. The highest BCUT2D eigenvalue weighted by Gasteiger charge is 2.07. The predicted octanol–water partition coefficient (Wildman–Crippen LogP) is 4.44. The molecule has 2 aromatic heterocycles. The molecule has 3 heteroatoms. The lowest BCUT2D eigenvalue weighted by Gasteiger charge is -1.93. The standard InChI is InChI=1S/C13H8OS2/c14-8-11-6-10-7-12(16-13(10)15-11)9-4-2-1-3-5-9/h1-8H. The van der Waals surface area contributed by atoms with E-state index in [1.807, 2.05) is 24.3 Å². The Hall–Kier alpha value is -1.45. The van der Waals surface area contributed by atoms with Crippen LogP contribution in [0, 0.1) is 0 Å². The van der Waals surface area contributed by atoms with Crippen LogP contribution in [0.3, 0.4) is 0 Å². The Balaban J connectivity index is 2.13. The Labute approximate surface area is 101 Å². The number of hydrogen-bond donors (Lipinski definition) is 0. The molecule has 3 aromatic rings. The lowest BCUT2D eigenvalue weighted by molar-refractivity contribution is 0.112. The molecule has 0 saturated carbocycles. The zero-order chi connectivity index (χ0) is 11.0. The average molecular weight is 244 g/mol. The Bertz CT molecular complexity index is 603. The van der Waals surface area contributed by atoms with E-state index in [0.717, 1.165) is 11.2 Å². The Morgan fingerprint density at radius 2 is 1.81 bits per heavy atom. The lowest BCUT2D eigenvalue weighted by atomic mass is 10.2. The summed E-state index contributed by atoms with van der Waals surface area (Å²) in [5.74, 6) is 0. The van der Waals surface area contributed by atoms with E-state index in [4.69, 9.17) is 0 Å². The Morgan fingerprint density at radius 1 is 1.00 bits per heavy atom. The van der Waals surface area contributed by atoms with Gasteiger partial charge in [0.05, 0.1) is 8.89 Å². The third kappa shape index (κ3) is 1.58. The van der Waals surface area contributed by atoms with Gasteiger partial charge in [-0.05, 0) is 17.7 Å². The minimum atomic E-state index is 0.806. The molecule has 0 spiro atoms. The van der Waals surface area contributed by atoms with Gasteiger partial charge in [-0.25, -0.2) is 0 Å². The number of thiophene rings is 2. The van der Waals surface area contributed by atoms with E-state index >= 15 is 0 Å². The lowest BCUT2D eigenvalue weighted by Crippen LogP contribution is -1.68. The average Bonchev–Trinajstić information content (AvgIpc) is 2.87. The van der Waals surface area contributed by atoms with E-state index < -0.39 is 0 Å². The summed E-state index contributed by atoms with van der Waals surface area (Å²) >= 11 is 3.31. The van der Waals surface area contributed by atoms with Crippen molar-refractivity contribution in [3.05, 3.63) is 47.3 Å². The first-order valence-electron chi connectivity index (χ1n) is 4.91. The van der Waals surface area contributed by atoms with Gasteiger partial charge in [-0.1, -0.05) is 30.3 Å². The van der Waals surface area contributed by atoms with E-state index in [1.54, 1.807) is 22.7 Å². The first kappa shape index (κ1) is 9.75. The fraction of sp³-hybridized carbons (Fsp3) is 0. The summed E-state index contributed by atoms with van der Waals surface area (Å²) < 4.78 is 1.22. The van der Waals surface area contributed by atoms with Crippen molar-refractivity contribution in [3.8, 4) is 10.4 Å². The van der Waals surface area contributed by atoms with Gasteiger partial charge in [-0.2, -0.15) is 0 Å². The molecule has 3 rings (SSSR count). The zero-order valence-corrected chi connectivity index (χ0v) is 9.98. The molecule has 0 atom stereocenters. The highest BCUT2D eigenvalue weighted by molar-refractivity contribution is 7.40. The quantitative estimate of drug-likeness (QED) is 0.609. The van der Waals surface area contributed by atoms with Crippen molar-refractivity contribution in [2.75, 3.05) is 0 Å². The van der Waals surface area contributed by atoms with Crippen molar-refractivity contribution < 1.29 is 4.79 Å². The first-order chi connectivity index (χ1) is 7.86. The van der Waals surface area contributed by atoms with Crippen molar-refractivity contribution >= 4 is 38.4 Å². The topological polar surface area (TPSA) is 17.1 Å². The van der Waals surface area contributed by atoms with Crippen LogP contribution in [-0.4, -0.2) is 6.29 Å². The number of carbonyl (C=O) groups is 1. The molecule has 0 N–H and O–H groups in total. The van der Waals surface area contributed by atoms with Crippen molar-refractivity contribution in [3.63, 3.8) is 0 Å². The van der Waals surface area contributed by atoms with Gasteiger partial charge in [0, 0.05) is 10.3 Å². The number of benzene rings is 1. The van der Waals surface area contributed by atoms with E-state index in [2.05, 4.69) is 18.2 Å². The predicted molar refractivity (Wildman–Crippen MR) is 70.5 cm³/mol. The van der Waals surface area contributed by atoms with Crippen LogP contribution in [0.2, 0.25) is 0 Å². The number of aldehydes is 1. The van der Waals surface area contributed by atoms with E-state index in [0.29, 0.717) is 0 Å². The van der Waals surface area contributed by atoms with Crippen LogP contribution in [0.25, 0.3) is 19.8 Å². The van der Waals surface area contributed by atoms with Crippen LogP contribution in [0.1, 0.15) is 9.67 Å². The second-order valence-electron chi connectivity index (χ2n) is 3.49. The summed E-state index contributed by atoms with van der Waals surface area (Å²) in [6, 6.07) is 14.4. The molecular weight excluding hydrogens is 236 g/mol. The maximum atomic E-state index is 10.6. The SMILES string of the molecule is O=Cc1cc2cc(-c3ccccc3)sc2s1. The summed E-state index contributed by atoms with van der Waals surface area (Å²) in [4.78, 5) is 12.7. The highest BCUT2D eigenvalue weighted by Crippen LogP contribution is 2.37. The molecule has 0 saturated heterocycles. The van der Waals surface area contributed by atoms with Gasteiger partial charge >= 0.3 is 0 Å². The summed E-state index contributed by atoms with van der Waals surface area (Å²) in [5, 5.41) is 1.18. The fourth-order valence-electron chi connectivity index (χ4n) is 1.66. The Morgan fingerprint density at radius 3 is 2.50 bits per heavy atom. The van der Waals surface area contributed by atoms with Gasteiger partial charge in [0.1, 0.15) is 0 Å². The van der Waals surface area contributed by atoms with E-state index in [9.17, 15) is 4.79 Å². The molecule has 2 heterocycles. The van der Waals surface area contributed by atoms with Crippen LogP contribution in [0.4, 0.5) is 0 Å². The molecule has 0 fully saturated rings. The largest absolute Gasteiger partial charge is 0.297 e. The molecule has 0 aliphatic heterocycles. The van der Waals surface area contributed by atoms with Crippen molar-refractivity contribution in [2.45, 2.75) is 0 Å².